The third kappa shape index (κ3) is 5.95. The van der Waals surface area contributed by atoms with Crippen LogP contribution in [0.2, 0.25) is 0 Å². The lowest BCUT2D eigenvalue weighted by molar-refractivity contribution is 0.373. The summed E-state index contributed by atoms with van der Waals surface area (Å²) < 4.78 is 5.90. The Morgan fingerprint density at radius 3 is 1.94 bits per heavy atom. The number of nitrogens with zero attached hydrogens (tertiary/aromatic N) is 4. The maximum Gasteiger partial charge on any atom is 0.250 e. The van der Waals surface area contributed by atoms with Crippen LogP contribution in [0.1, 0.15) is 5.56 Å². The number of hydrogen-bond acceptors (Lipinski definition) is 9. The van der Waals surface area contributed by atoms with Gasteiger partial charge in [0, 0.05) is 21.4 Å². The van der Waals surface area contributed by atoms with Gasteiger partial charge in [-0.2, -0.15) is 20.1 Å². The minimum absolute atomic E-state index is 0.0280. The van der Waals surface area contributed by atoms with Crippen LogP contribution >= 0.6 is 15.9 Å². The molecular formula is C23H20BrN7O2. The Bertz CT molecular complexity index is 1190. The van der Waals surface area contributed by atoms with Crippen molar-refractivity contribution in [2.45, 2.75) is 0 Å². The van der Waals surface area contributed by atoms with Gasteiger partial charge in [-0.05, 0) is 36.4 Å². The van der Waals surface area contributed by atoms with Crippen molar-refractivity contribution in [2.24, 2.45) is 5.10 Å². The largest absolute Gasteiger partial charge is 0.504 e. The Hall–Kier alpha value is -4.18. The van der Waals surface area contributed by atoms with Crippen molar-refractivity contribution in [1.82, 2.24) is 15.0 Å². The number of benzene rings is 3. The van der Waals surface area contributed by atoms with E-state index in [-0.39, 0.29) is 11.7 Å². The molecule has 0 fully saturated rings. The molecule has 10 heteroatoms. The van der Waals surface area contributed by atoms with E-state index in [1.165, 1.54) is 13.3 Å². The second kappa shape index (κ2) is 10.4. The van der Waals surface area contributed by atoms with Gasteiger partial charge in [0.2, 0.25) is 17.8 Å². The molecular weight excluding hydrogens is 486 g/mol. The van der Waals surface area contributed by atoms with Crippen molar-refractivity contribution < 1.29 is 9.84 Å². The summed E-state index contributed by atoms with van der Waals surface area (Å²) in [6.45, 7) is 0. The van der Waals surface area contributed by atoms with Gasteiger partial charge in [0.1, 0.15) is 0 Å². The molecule has 0 aliphatic heterocycles. The number of rotatable bonds is 8. The van der Waals surface area contributed by atoms with E-state index in [9.17, 15) is 5.11 Å². The van der Waals surface area contributed by atoms with Gasteiger partial charge < -0.3 is 20.5 Å². The number of aromatic hydroxyl groups is 1. The Labute approximate surface area is 198 Å². The molecule has 0 aliphatic carbocycles. The second-order valence-corrected chi connectivity index (χ2v) is 7.62. The number of aromatic nitrogens is 3. The molecule has 33 heavy (non-hydrogen) atoms. The van der Waals surface area contributed by atoms with E-state index in [0.29, 0.717) is 23.2 Å². The summed E-state index contributed by atoms with van der Waals surface area (Å²) in [6, 6.07) is 22.5. The van der Waals surface area contributed by atoms with Gasteiger partial charge in [-0.1, -0.05) is 52.3 Å². The normalized spacial score (nSPS) is 10.7. The van der Waals surface area contributed by atoms with Gasteiger partial charge in [-0.25, -0.2) is 5.43 Å². The average molecular weight is 506 g/mol. The van der Waals surface area contributed by atoms with Crippen molar-refractivity contribution in [3.8, 4) is 11.5 Å². The topological polar surface area (TPSA) is 117 Å². The first-order valence-electron chi connectivity index (χ1n) is 9.86. The molecule has 4 N–H and O–H groups in total. The molecule has 0 saturated carbocycles. The first kappa shape index (κ1) is 22.0. The van der Waals surface area contributed by atoms with Crippen LogP contribution in [0.25, 0.3) is 0 Å². The van der Waals surface area contributed by atoms with Crippen molar-refractivity contribution in [3.05, 3.63) is 82.8 Å². The summed E-state index contributed by atoms with van der Waals surface area (Å²) in [5, 5.41) is 20.8. The molecule has 9 nitrogen and oxygen atoms in total. The molecule has 0 atom stereocenters. The summed E-state index contributed by atoms with van der Waals surface area (Å²) in [7, 11) is 1.48. The number of phenols is 1. The molecule has 1 heterocycles. The number of nitrogens with one attached hydrogen (secondary N) is 3. The Balaban J connectivity index is 1.59. The number of halogens is 1. The lowest BCUT2D eigenvalue weighted by Gasteiger charge is -2.10. The summed E-state index contributed by atoms with van der Waals surface area (Å²) >= 11 is 3.38. The third-order valence-corrected chi connectivity index (χ3v) is 4.81. The zero-order valence-electron chi connectivity index (χ0n) is 17.5. The van der Waals surface area contributed by atoms with Crippen LogP contribution in [-0.4, -0.2) is 33.4 Å². The van der Waals surface area contributed by atoms with Crippen molar-refractivity contribution >= 4 is 51.4 Å². The fourth-order valence-corrected chi connectivity index (χ4v) is 3.30. The van der Waals surface area contributed by atoms with E-state index in [1.54, 1.807) is 12.1 Å². The van der Waals surface area contributed by atoms with E-state index < -0.39 is 0 Å². The summed E-state index contributed by atoms with van der Waals surface area (Å²) in [5.41, 5.74) is 4.90. The molecule has 4 rings (SSSR count). The monoisotopic (exact) mass is 505 g/mol. The van der Waals surface area contributed by atoms with Crippen LogP contribution in [0.4, 0.5) is 29.2 Å². The number of anilines is 5. The van der Waals surface area contributed by atoms with E-state index >= 15 is 0 Å². The zero-order chi connectivity index (χ0) is 23.0. The number of phenolic OH excluding ortho intramolecular Hbond substituents is 1. The number of methoxy groups -OCH3 is 1. The Kier molecular flexibility index (Phi) is 6.96. The summed E-state index contributed by atoms with van der Waals surface area (Å²) in [5.74, 6) is 1.17. The van der Waals surface area contributed by atoms with Gasteiger partial charge in [-0.3, -0.25) is 0 Å². The fourth-order valence-electron chi connectivity index (χ4n) is 2.85. The highest BCUT2D eigenvalue weighted by atomic mass is 79.9. The highest BCUT2D eigenvalue weighted by Gasteiger charge is 2.10. The zero-order valence-corrected chi connectivity index (χ0v) is 19.1. The SMILES string of the molecule is COc1cc(Br)cc(/C=N\Nc2nc(Nc3ccccc3)nc(Nc3ccccc3)n2)c1O. The van der Waals surface area contributed by atoms with Crippen LogP contribution in [-0.2, 0) is 0 Å². The average Bonchev–Trinajstić information content (AvgIpc) is 2.82. The molecule has 3 aromatic carbocycles. The molecule has 0 aliphatic rings. The van der Waals surface area contributed by atoms with E-state index in [4.69, 9.17) is 4.74 Å². The fraction of sp³-hybridized carbons (Fsp3) is 0.0435. The predicted octanol–water partition coefficient (Wildman–Crippen LogP) is 5.28. The maximum absolute atomic E-state index is 10.3. The van der Waals surface area contributed by atoms with Crippen LogP contribution in [0, 0.1) is 0 Å². The lowest BCUT2D eigenvalue weighted by Crippen LogP contribution is -2.07. The number of hydrazone groups is 1. The third-order valence-electron chi connectivity index (χ3n) is 4.35. The smallest absolute Gasteiger partial charge is 0.250 e. The molecule has 0 amide bonds. The molecule has 0 bridgehead atoms. The van der Waals surface area contributed by atoms with Gasteiger partial charge >= 0.3 is 0 Å². The highest BCUT2D eigenvalue weighted by molar-refractivity contribution is 9.10. The molecule has 0 saturated heterocycles. The van der Waals surface area contributed by atoms with Crippen LogP contribution in [0.15, 0.2) is 82.4 Å². The number of para-hydroxylation sites is 2. The van der Waals surface area contributed by atoms with E-state index in [2.05, 4.69) is 52.0 Å². The molecule has 0 unspecified atom stereocenters. The quantitative estimate of drug-likeness (QED) is 0.188. The second-order valence-electron chi connectivity index (χ2n) is 6.70. The van der Waals surface area contributed by atoms with Gasteiger partial charge in [0.15, 0.2) is 11.5 Å². The maximum atomic E-state index is 10.3. The molecule has 0 radical (unpaired) electrons. The minimum atomic E-state index is -0.0280. The standard InChI is InChI=1S/C23H20BrN7O2/c1-33-19-13-16(24)12-15(20(19)32)14-25-31-23-29-21(26-17-8-4-2-5-9-17)28-22(30-23)27-18-10-6-3-7-11-18/h2-14,32H,1H3,(H3,26,27,28,29,30,31)/b25-14-. The first-order chi connectivity index (χ1) is 16.1. The van der Waals surface area contributed by atoms with Gasteiger partial charge in [0.05, 0.1) is 13.3 Å². The summed E-state index contributed by atoms with van der Waals surface area (Å²) in [4.78, 5) is 13.2. The van der Waals surface area contributed by atoms with E-state index in [0.717, 1.165) is 15.8 Å². The van der Waals surface area contributed by atoms with Gasteiger partial charge in [0.25, 0.3) is 0 Å². The van der Waals surface area contributed by atoms with E-state index in [1.807, 2.05) is 60.7 Å². The van der Waals surface area contributed by atoms with Gasteiger partial charge in [-0.15, -0.1) is 0 Å². The van der Waals surface area contributed by atoms with Crippen molar-refractivity contribution in [1.29, 1.82) is 0 Å². The van der Waals surface area contributed by atoms with Crippen molar-refractivity contribution in [2.75, 3.05) is 23.2 Å². The van der Waals surface area contributed by atoms with Crippen LogP contribution < -0.4 is 20.8 Å². The molecule has 0 spiro atoms. The minimum Gasteiger partial charge on any atom is -0.504 e. The van der Waals surface area contributed by atoms with Crippen LogP contribution in [0.5, 0.6) is 11.5 Å². The number of hydrogen-bond donors (Lipinski definition) is 4. The van der Waals surface area contributed by atoms with Crippen LogP contribution in [0.3, 0.4) is 0 Å². The van der Waals surface area contributed by atoms with Crippen molar-refractivity contribution in [3.63, 3.8) is 0 Å². The molecule has 1 aromatic heterocycles. The predicted molar refractivity (Wildman–Crippen MR) is 133 cm³/mol. The lowest BCUT2D eigenvalue weighted by atomic mass is 10.2. The Morgan fingerprint density at radius 2 is 1.39 bits per heavy atom. The highest BCUT2D eigenvalue weighted by Crippen LogP contribution is 2.32. The summed E-state index contributed by atoms with van der Waals surface area (Å²) in [6.07, 6.45) is 1.45. The Morgan fingerprint density at radius 1 is 0.848 bits per heavy atom. The number of ether oxygens (including phenoxy) is 1. The first-order valence-corrected chi connectivity index (χ1v) is 10.7. The molecule has 4 aromatic rings. The molecule has 166 valence electrons.